The first-order valence-corrected chi connectivity index (χ1v) is 9.46. The maximum Gasteiger partial charge on any atom is 0.329 e. The topological polar surface area (TPSA) is 96.9 Å². The molecule has 9 heteroatoms. The molecule has 3 aromatic rings. The third-order valence-electron chi connectivity index (χ3n) is 4.30. The number of benzene rings is 1. The number of halogens is 2. The van der Waals surface area contributed by atoms with Gasteiger partial charge in [-0.2, -0.15) is 0 Å². The van der Waals surface area contributed by atoms with E-state index in [1.807, 2.05) is 13.8 Å². The highest BCUT2D eigenvalue weighted by Crippen LogP contribution is 2.23. The van der Waals surface area contributed by atoms with Crippen molar-refractivity contribution in [2.24, 2.45) is 0 Å². The molecule has 0 saturated carbocycles. The maximum absolute atomic E-state index is 14.1. The van der Waals surface area contributed by atoms with Crippen molar-refractivity contribution in [2.45, 2.75) is 33.2 Å². The van der Waals surface area contributed by atoms with Crippen LogP contribution in [0, 0.1) is 5.82 Å². The number of carbonyl (C=O) groups excluding carboxylic acids is 1. The van der Waals surface area contributed by atoms with Crippen molar-refractivity contribution in [3.05, 3.63) is 66.7 Å². The van der Waals surface area contributed by atoms with Crippen molar-refractivity contribution in [3.8, 4) is 0 Å². The summed E-state index contributed by atoms with van der Waals surface area (Å²) in [5.74, 6) is -1.34. The van der Waals surface area contributed by atoms with Crippen LogP contribution >= 0.6 is 15.9 Å². The lowest BCUT2D eigenvalue weighted by Crippen LogP contribution is -2.32. The van der Waals surface area contributed by atoms with E-state index in [0.29, 0.717) is 10.2 Å². The summed E-state index contributed by atoms with van der Waals surface area (Å²) < 4.78 is 16.0. The van der Waals surface area contributed by atoms with Crippen molar-refractivity contribution >= 4 is 38.6 Å². The van der Waals surface area contributed by atoms with Crippen LogP contribution in [0.25, 0.3) is 11.0 Å². The number of rotatable bonds is 4. The molecule has 2 N–H and O–H groups in total. The molecule has 0 atom stereocenters. The fourth-order valence-corrected chi connectivity index (χ4v) is 3.18. The molecular formula is C19H18BrFN4O3. The third kappa shape index (κ3) is 3.62. The summed E-state index contributed by atoms with van der Waals surface area (Å²) in [6.07, 6.45) is 0. The van der Waals surface area contributed by atoms with E-state index >= 15 is 0 Å². The summed E-state index contributed by atoms with van der Waals surface area (Å²) in [6.45, 7) is 5.76. The number of aryl methyl sites for hydroxylation is 1. The lowest BCUT2D eigenvalue weighted by atomic mass is 10.0. The first-order chi connectivity index (χ1) is 13.2. The van der Waals surface area contributed by atoms with E-state index in [9.17, 15) is 18.8 Å². The fraction of sp³-hybridized carbons (Fsp3) is 0.263. The fourth-order valence-electron chi connectivity index (χ4n) is 2.84. The zero-order chi connectivity index (χ0) is 20.6. The van der Waals surface area contributed by atoms with E-state index in [-0.39, 0.29) is 34.7 Å². The number of carbonyl (C=O) groups is 1. The Kier molecular flexibility index (Phi) is 5.46. The van der Waals surface area contributed by atoms with Gasteiger partial charge in [0.2, 0.25) is 0 Å². The van der Waals surface area contributed by atoms with E-state index in [4.69, 9.17) is 0 Å². The number of anilines is 1. The number of hydrogen-bond donors (Lipinski definition) is 2. The van der Waals surface area contributed by atoms with Crippen LogP contribution in [0.5, 0.6) is 0 Å². The Balaban J connectivity index is 2.25. The lowest BCUT2D eigenvalue weighted by molar-refractivity contribution is 0.102. The molecule has 0 saturated heterocycles. The normalized spacial score (nSPS) is 11.2. The Morgan fingerprint density at radius 1 is 1.32 bits per heavy atom. The van der Waals surface area contributed by atoms with E-state index in [1.165, 1.54) is 22.8 Å². The summed E-state index contributed by atoms with van der Waals surface area (Å²) in [7, 11) is 0. The van der Waals surface area contributed by atoms with E-state index < -0.39 is 23.0 Å². The molecule has 0 unspecified atom stereocenters. The molecule has 0 aliphatic carbocycles. The summed E-state index contributed by atoms with van der Waals surface area (Å²) in [5.41, 5.74) is -0.637. The van der Waals surface area contributed by atoms with Gasteiger partial charge in [0.05, 0.1) is 16.6 Å². The number of pyridine rings is 1. The highest BCUT2D eigenvalue weighted by molar-refractivity contribution is 9.10. The molecular weight excluding hydrogens is 431 g/mol. The maximum atomic E-state index is 14.1. The van der Waals surface area contributed by atoms with Gasteiger partial charge in [-0.25, -0.2) is 14.2 Å². The molecule has 0 aliphatic heterocycles. The van der Waals surface area contributed by atoms with Gasteiger partial charge in [0.15, 0.2) is 5.65 Å². The number of aromatic amines is 1. The molecule has 7 nitrogen and oxygen atoms in total. The van der Waals surface area contributed by atoms with Gasteiger partial charge < -0.3 is 5.32 Å². The minimum absolute atomic E-state index is 0.0131. The predicted octanol–water partition coefficient (Wildman–Crippen LogP) is 3.38. The molecule has 0 spiro atoms. The van der Waals surface area contributed by atoms with Crippen LogP contribution in [-0.2, 0) is 6.54 Å². The second-order valence-electron chi connectivity index (χ2n) is 6.53. The highest BCUT2D eigenvalue weighted by atomic mass is 79.9. The van der Waals surface area contributed by atoms with Gasteiger partial charge in [-0.05, 0) is 37.1 Å². The highest BCUT2D eigenvalue weighted by Gasteiger charge is 2.21. The first-order valence-electron chi connectivity index (χ1n) is 8.67. The van der Waals surface area contributed by atoms with Crippen LogP contribution in [0.1, 0.15) is 42.7 Å². The largest absolute Gasteiger partial charge is 0.329 e. The molecule has 0 aliphatic rings. The quantitative estimate of drug-likeness (QED) is 0.638. The van der Waals surface area contributed by atoms with Gasteiger partial charge in [-0.3, -0.25) is 19.1 Å². The average molecular weight is 449 g/mol. The van der Waals surface area contributed by atoms with Gasteiger partial charge >= 0.3 is 5.69 Å². The summed E-state index contributed by atoms with van der Waals surface area (Å²) in [4.78, 5) is 44.2. The molecule has 2 heterocycles. The second kappa shape index (κ2) is 7.67. The Morgan fingerprint density at radius 3 is 2.64 bits per heavy atom. The van der Waals surface area contributed by atoms with Crippen molar-refractivity contribution in [3.63, 3.8) is 0 Å². The number of amides is 1. The second-order valence-corrected chi connectivity index (χ2v) is 7.45. The molecule has 0 bridgehead atoms. The zero-order valence-corrected chi connectivity index (χ0v) is 17.1. The van der Waals surface area contributed by atoms with Gasteiger partial charge in [-0.15, -0.1) is 0 Å². The molecule has 1 aromatic carbocycles. The molecule has 2 aromatic heterocycles. The number of aromatic nitrogens is 3. The van der Waals surface area contributed by atoms with Gasteiger partial charge in [0.25, 0.3) is 11.5 Å². The molecule has 0 radical (unpaired) electrons. The number of fused-ring (bicyclic) bond motifs is 1. The number of H-pyrrole nitrogens is 1. The van der Waals surface area contributed by atoms with Gasteiger partial charge in [0.1, 0.15) is 5.82 Å². The number of nitrogens with one attached hydrogen (secondary N) is 2. The Hall–Kier alpha value is -2.81. The third-order valence-corrected chi connectivity index (χ3v) is 4.79. The van der Waals surface area contributed by atoms with Crippen molar-refractivity contribution in [1.29, 1.82) is 0 Å². The lowest BCUT2D eigenvalue weighted by Gasteiger charge is -2.14. The number of hydrogen-bond acceptors (Lipinski definition) is 4. The molecule has 3 rings (SSSR count). The summed E-state index contributed by atoms with van der Waals surface area (Å²) in [5, 5.41) is 2.48. The molecule has 1 amide bonds. The SMILES string of the molecule is CCn1c(=O)[nH]c(=O)c2c(C(=O)Nc3ccc(Br)cc3F)cc(C(C)C)nc21. The van der Waals surface area contributed by atoms with Crippen LogP contribution in [0.3, 0.4) is 0 Å². The van der Waals surface area contributed by atoms with Crippen molar-refractivity contribution in [2.75, 3.05) is 5.32 Å². The van der Waals surface area contributed by atoms with Crippen molar-refractivity contribution < 1.29 is 9.18 Å². The predicted molar refractivity (Wildman–Crippen MR) is 108 cm³/mol. The van der Waals surface area contributed by atoms with E-state index in [2.05, 4.69) is 31.2 Å². The van der Waals surface area contributed by atoms with Gasteiger partial charge in [0, 0.05) is 16.7 Å². The van der Waals surface area contributed by atoms with Crippen LogP contribution in [0.2, 0.25) is 0 Å². The monoisotopic (exact) mass is 448 g/mol. The van der Waals surface area contributed by atoms with E-state index in [1.54, 1.807) is 13.0 Å². The van der Waals surface area contributed by atoms with Crippen molar-refractivity contribution in [1.82, 2.24) is 14.5 Å². The minimum atomic E-state index is -0.714. The first kappa shape index (κ1) is 19.9. The molecule has 0 fully saturated rings. The summed E-state index contributed by atoms with van der Waals surface area (Å²) in [6, 6.07) is 5.72. The van der Waals surface area contributed by atoms with Gasteiger partial charge in [-0.1, -0.05) is 29.8 Å². The average Bonchev–Trinajstić information content (AvgIpc) is 2.63. The van der Waals surface area contributed by atoms with E-state index in [0.717, 1.165) is 0 Å². The Bertz CT molecular complexity index is 1200. The minimum Gasteiger partial charge on any atom is -0.319 e. The van der Waals surface area contributed by atoms with Crippen LogP contribution in [0.15, 0.2) is 38.3 Å². The smallest absolute Gasteiger partial charge is 0.319 e. The molecule has 28 heavy (non-hydrogen) atoms. The summed E-state index contributed by atoms with van der Waals surface area (Å²) >= 11 is 3.16. The van der Waals surface area contributed by atoms with Crippen LogP contribution in [-0.4, -0.2) is 20.4 Å². The van der Waals surface area contributed by atoms with Crippen LogP contribution in [0.4, 0.5) is 10.1 Å². The number of nitrogens with zero attached hydrogens (tertiary/aromatic N) is 2. The Labute approximate surface area is 167 Å². The van der Waals surface area contributed by atoms with Crippen LogP contribution < -0.4 is 16.6 Å². The Morgan fingerprint density at radius 2 is 2.04 bits per heavy atom. The standard InChI is InChI=1S/C19H18BrFN4O3/c1-4-25-16-15(18(27)24-19(25)28)11(8-14(22-16)9(2)3)17(26)23-13-6-5-10(20)7-12(13)21/h5-9H,4H2,1-3H3,(H,23,26)(H,24,27,28). The molecule has 146 valence electrons. The zero-order valence-electron chi connectivity index (χ0n) is 15.5.